The monoisotopic (exact) mass is 532 g/mol. The van der Waals surface area contributed by atoms with Gasteiger partial charge in [0, 0.05) is 41.3 Å². The first kappa shape index (κ1) is 26.4. The molecule has 0 fully saturated rings. The van der Waals surface area contributed by atoms with Gasteiger partial charge in [0.25, 0.3) is 0 Å². The molecule has 2 nitrogen and oxygen atoms in total. The summed E-state index contributed by atoms with van der Waals surface area (Å²) in [4.78, 5) is 0. The number of rotatable bonds is 6. The zero-order chi connectivity index (χ0) is 28.3. The van der Waals surface area contributed by atoms with Gasteiger partial charge in [-0.25, -0.2) is 9.13 Å². The van der Waals surface area contributed by atoms with Crippen LogP contribution >= 0.6 is 0 Å². The van der Waals surface area contributed by atoms with Crippen LogP contribution in [0.3, 0.4) is 0 Å². The fourth-order valence-electron chi connectivity index (χ4n) is 5.79. The summed E-state index contributed by atoms with van der Waals surface area (Å²) in [6.07, 6.45) is 5.27. The van der Waals surface area contributed by atoms with Crippen LogP contribution in [0.15, 0.2) is 134 Å². The quantitative estimate of drug-likeness (QED) is 0.191. The predicted molar refractivity (Wildman–Crippen MR) is 169 cm³/mol. The Hall–Kier alpha value is -4.82. The molecule has 2 aromatic heterocycles. The molecule has 0 spiro atoms. The van der Waals surface area contributed by atoms with Crippen LogP contribution in [0.1, 0.15) is 22.3 Å². The Kier molecular flexibility index (Phi) is 7.31. The standard InChI is InChI=1S/C39H36N2/c1-28-25-35(19-20-36(28)38-12-8-9-23-40(38)3)33-16-13-30(14-17-33)26-31-15-22-39(41(4)27-31)37-21-18-34(24-29(37)2)32-10-6-5-7-11-32/h5-25,27H,26H2,1-4H3/q+2. The molecule has 0 aliphatic heterocycles. The molecular weight excluding hydrogens is 496 g/mol. The zero-order valence-corrected chi connectivity index (χ0v) is 24.3. The first-order valence-corrected chi connectivity index (χ1v) is 14.3. The van der Waals surface area contributed by atoms with Crippen molar-refractivity contribution in [1.29, 1.82) is 0 Å². The van der Waals surface area contributed by atoms with E-state index in [1.165, 1.54) is 67.0 Å². The van der Waals surface area contributed by atoms with Crippen LogP contribution in [-0.2, 0) is 20.5 Å². The fraction of sp³-hybridized carbons (Fsp3) is 0.128. The van der Waals surface area contributed by atoms with Gasteiger partial charge in [-0.3, -0.25) is 0 Å². The Morgan fingerprint density at radius 1 is 0.463 bits per heavy atom. The Labute approximate surface area is 243 Å². The molecule has 0 unspecified atom stereocenters. The van der Waals surface area contributed by atoms with Gasteiger partial charge >= 0.3 is 0 Å². The second-order valence-electron chi connectivity index (χ2n) is 11.0. The summed E-state index contributed by atoms with van der Waals surface area (Å²) in [7, 11) is 4.24. The maximum Gasteiger partial charge on any atom is 0.212 e. The molecule has 6 rings (SSSR count). The summed E-state index contributed by atoms with van der Waals surface area (Å²) in [6, 6.07) is 44.0. The minimum Gasteiger partial charge on any atom is -0.201 e. The van der Waals surface area contributed by atoms with Crippen LogP contribution in [0, 0.1) is 13.8 Å². The average Bonchev–Trinajstić information content (AvgIpc) is 2.99. The van der Waals surface area contributed by atoms with E-state index in [1.54, 1.807) is 0 Å². The van der Waals surface area contributed by atoms with Crippen LogP contribution in [0.5, 0.6) is 0 Å². The van der Waals surface area contributed by atoms with Crippen LogP contribution in [0.25, 0.3) is 44.8 Å². The van der Waals surface area contributed by atoms with Crippen LogP contribution in [0.2, 0.25) is 0 Å². The van der Waals surface area contributed by atoms with Crippen molar-refractivity contribution in [3.8, 4) is 44.8 Å². The second kappa shape index (κ2) is 11.3. The van der Waals surface area contributed by atoms with Crippen molar-refractivity contribution in [2.24, 2.45) is 14.1 Å². The lowest BCUT2D eigenvalue weighted by molar-refractivity contribution is -0.660. The topological polar surface area (TPSA) is 7.76 Å². The fourth-order valence-corrected chi connectivity index (χ4v) is 5.79. The largest absolute Gasteiger partial charge is 0.212 e. The average molecular weight is 533 g/mol. The highest BCUT2D eigenvalue weighted by Crippen LogP contribution is 2.29. The molecule has 0 amide bonds. The molecule has 0 aliphatic carbocycles. The summed E-state index contributed by atoms with van der Waals surface area (Å²) in [6.45, 7) is 4.40. The smallest absolute Gasteiger partial charge is 0.201 e. The van der Waals surface area contributed by atoms with Gasteiger partial charge in [-0.2, -0.15) is 0 Å². The molecule has 0 saturated heterocycles. The number of hydrogen-bond donors (Lipinski definition) is 0. The summed E-state index contributed by atoms with van der Waals surface area (Å²) in [5, 5.41) is 0. The van der Waals surface area contributed by atoms with Gasteiger partial charge in [-0.1, -0.05) is 78.9 Å². The van der Waals surface area contributed by atoms with Gasteiger partial charge in [-0.05, 0) is 77.1 Å². The van der Waals surface area contributed by atoms with Crippen LogP contribution < -0.4 is 9.13 Å². The van der Waals surface area contributed by atoms with Crippen molar-refractivity contribution >= 4 is 0 Å². The second-order valence-corrected chi connectivity index (χ2v) is 11.0. The first-order valence-electron chi connectivity index (χ1n) is 14.3. The molecule has 41 heavy (non-hydrogen) atoms. The highest BCUT2D eigenvalue weighted by molar-refractivity contribution is 5.72. The van der Waals surface area contributed by atoms with Gasteiger partial charge in [0.2, 0.25) is 11.4 Å². The molecule has 2 heteroatoms. The minimum atomic E-state index is 0.906. The zero-order valence-electron chi connectivity index (χ0n) is 24.3. The number of aromatic nitrogens is 2. The third-order valence-corrected chi connectivity index (χ3v) is 8.06. The van der Waals surface area contributed by atoms with E-state index < -0.39 is 0 Å². The SMILES string of the molecule is Cc1cc(-c2ccc(Cc3ccc(-c4ccc(-c5ccccc5)cc4C)[n+](C)c3)cc2)ccc1-c1cccc[n+]1C. The molecule has 0 aliphatic rings. The van der Waals surface area contributed by atoms with Gasteiger partial charge in [-0.15, -0.1) is 0 Å². The van der Waals surface area contributed by atoms with Gasteiger partial charge in [0.1, 0.15) is 14.1 Å². The Morgan fingerprint density at radius 3 is 1.59 bits per heavy atom. The third kappa shape index (κ3) is 5.60. The molecule has 0 atom stereocenters. The summed E-state index contributed by atoms with van der Waals surface area (Å²) in [5.41, 5.74) is 15.2. The van der Waals surface area contributed by atoms with Crippen molar-refractivity contribution in [2.45, 2.75) is 20.3 Å². The highest BCUT2D eigenvalue weighted by Gasteiger charge is 2.15. The molecule has 4 aromatic carbocycles. The molecule has 200 valence electrons. The summed E-state index contributed by atoms with van der Waals surface area (Å²) < 4.78 is 4.43. The van der Waals surface area contributed by atoms with E-state index in [0.717, 1.165) is 6.42 Å². The van der Waals surface area contributed by atoms with E-state index in [2.05, 4.69) is 171 Å². The van der Waals surface area contributed by atoms with E-state index >= 15 is 0 Å². The lowest BCUT2D eigenvalue weighted by Crippen LogP contribution is -2.31. The highest BCUT2D eigenvalue weighted by atomic mass is 14.9. The third-order valence-electron chi connectivity index (χ3n) is 8.06. The van der Waals surface area contributed by atoms with E-state index in [4.69, 9.17) is 0 Å². The first-order chi connectivity index (χ1) is 20.0. The molecule has 6 aromatic rings. The molecule has 0 saturated carbocycles. The summed E-state index contributed by atoms with van der Waals surface area (Å²) >= 11 is 0. The normalized spacial score (nSPS) is 11.0. The van der Waals surface area contributed by atoms with Crippen molar-refractivity contribution < 1.29 is 9.13 Å². The van der Waals surface area contributed by atoms with E-state index in [1.807, 2.05) is 0 Å². The molecule has 0 bridgehead atoms. The number of hydrogen-bond acceptors (Lipinski definition) is 0. The van der Waals surface area contributed by atoms with Gasteiger partial charge in [0.15, 0.2) is 12.4 Å². The molecular formula is C39H36N2+2. The maximum atomic E-state index is 2.30. The number of aryl methyl sites for hydroxylation is 4. The lowest BCUT2D eigenvalue weighted by atomic mass is 9.96. The van der Waals surface area contributed by atoms with E-state index in [9.17, 15) is 0 Å². The van der Waals surface area contributed by atoms with Gasteiger partial charge in [0.05, 0.1) is 0 Å². The Morgan fingerprint density at radius 2 is 1.00 bits per heavy atom. The predicted octanol–water partition coefficient (Wildman–Crippen LogP) is 8.21. The van der Waals surface area contributed by atoms with Crippen molar-refractivity contribution in [1.82, 2.24) is 0 Å². The number of pyridine rings is 2. The minimum absolute atomic E-state index is 0.906. The molecule has 0 N–H and O–H groups in total. The van der Waals surface area contributed by atoms with Crippen molar-refractivity contribution in [3.05, 3.63) is 156 Å². The number of benzene rings is 4. The Bertz CT molecular complexity index is 1830. The lowest BCUT2D eigenvalue weighted by Gasteiger charge is -2.10. The van der Waals surface area contributed by atoms with Crippen molar-refractivity contribution in [2.75, 3.05) is 0 Å². The van der Waals surface area contributed by atoms with Crippen LogP contribution in [0.4, 0.5) is 0 Å². The van der Waals surface area contributed by atoms with E-state index in [0.29, 0.717) is 0 Å². The molecule has 2 heterocycles. The molecule has 0 radical (unpaired) electrons. The number of nitrogens with zero attached hydrogens (tertiary/aromatic N) is 2. The summed E-state index contributed by atoms with van der Waals surface area (Å²) in [5.74, 6) is 0. The maximum absolute atomic E-state index is 2.30. The van der Waals surface area contributed by atoms with Gasteiger partial charge < -0.3 is 0 Å². The van der Waals surface area contributed by atoms with E-state index in [-0.39, 0.29) is 0 Å². The van der Waals surface area contributed by atoms with Crippen molar-refractivity contribution in [3.63, 3.8) is 0 Å². The Balaban J connectivity index is 1.18. The van der Waals surface area contributed by atoms with Crippen LogP contribution in [-0.4, -0.2) is 0 Å².